The van der Waals surface area contributed by atoms with E-state index in [0.717, 1.165) is 18.4 Å². The van der Waals surface area contributed by atoms with E-state index >= 15 is 0 Å². The first kappa shape index (κ1) is 12.7. The predicted molar refractivity (Wildman–Crippen MR) is 64.3 cm³/mol. The van der Waals surface area contributed by atoms with Gasteiger partial charge in [-0.1, -0.05) is 44.2 Å². The van der Waals surface area contributed by atoms with Crippen molar-refractivity contribution in [3.05, 3.63) is 35.9 Å². The van der Waals surface area contributed by atoms with E-state index in [2.05, 4.69) is 0 Å². The molecule has 0 bridgehead atoms. The monoisotopic (exact) mass is 221 g/mol. The van der Waals surface area contributed by atoms with Crippen molar-refractivity contribution in [3.8, 4) is 0 Å². The number of aliphatic carboxylic acids is 1. The van der Waals surface area contributed by atoms with Gasteiger partial charge in [-0.15, -0.1) is 0 Å². The smallest absolute Gasteiger partial charge is 0.321 e. The number of nitrogens with two attached hydrogens (primary N) is 1. The maximum atomic E-state index is 11.1. The lowest BCUT2D eigenvalue weighted by atomic mass is 9.70. The van der Waals surface area contributed by atoms with Crippen LogP contribution >= 0.6 is 0 Å². The van der Waals surface area contributed by atoms with E-state index in [1.165, 1.54) is 0 Å². The van der Waals surface area contributed by atoms with Crippen LogP contribution in [0.5, 0.6) is 0 Å². The van der Waals surface area contributed by atoms with Gasteiger partial charge in [-0.05, 0) is 18.4 Å². The van der Waals surface area contributed by atoms with Crippen LogP contribution in [-0.4, -0.2) is 17.1 Å². The van der Waals surface area contributed by atoms with Gasteiger partial charge in [-0.3, -0.25) is 4.79 Å². The molecule has 0 amide bonds. The second-order valence-electron chi connectivity index (χ2n) is 4.05. The third-order valence-electron chi connectivity index (χ3n) is 3.47. The molecular weight excluding hydrogens is 202 g/mol. The fourth-order valence-corrected chi connectivity index (χ4v) is 2.28. The molecule has 1 rings (SSSR count). The van der Waals surface area contributed by atoms with Gasteiger partial charge >= 0.3 is 5.97 Å². The first-order valence-corrected chi connectivity index (χ1v) is 5.62. The van der Waals surface area contributed by atoms with Crippen LogP contribution < -0.4 is 5.73 Å². The molecule has 0 aliphatic rings. The average Bonchev–Trinajstić information content (AvgIpc) is 2.32. The van der Waals surface area contributed by atoms with Crippen molar-refractivity contribution in [2.24, 2.45) is 5.73 Å². The lowest BCUT2D eigenvalue weighted by Gasteiger charge is -2.35. The standard InChI is InChI=1S/C13H19NO2/c1-3-13(4-2,11(14)12(15)16)10-8-6-5-7-9-10/h5-9,11H,3-4,14H2,1-2H3,(H,15,16). The third kappa shape index (κ3) is 2.09. The summed E-state index contributed by atoms with van der Waals surface area (Å²) < 4.78 is 0. The lowest BCUT2D eigenvalue weighted by Crippen LogP contribution is -2.50. The molecule has 16 heavy (non-hydrogen) atoms. The van der Waals surface area contributed by atoms with Crippen LogP contribution in [0.1, 0.15) is 32.3 Å². The Balaban J connectivity index is 3.21. The van der Waals surface area contributed by atoms with E-state index in [-0.39, 0.29) is 0 Å². The Kier molecular flexibility index (Phi) is 4.07. The maximum absolute atomic E-state index is 11.1. The maximum Gasteiger partial charge on any atom is 0.321 e. The molecule has 0 heterocycles. The molecule has 1 atom stereocenters. The van der Waals surface area contributed by atoms with Crippen molar-refractivity contribution in [1.29, 1.82) is 0 Å². The molecule has 88 valence electrons. The van der Waals surface area contributed by atoms with Crippen molar-refractivity contribution >= 4 is 5.97 Å². The largest absolute Gasteiger partial charge is 0.480 e. The molecule has 0 aromatic heterocycles. The second-order valence-corrected chi connectivity index (χ2v) is 4.05. The summed E-state index contributed by atoms with van der Waals surface area (Å²) >= 11 is 0. The van der Waals surface area contributed by atoms with E-state index in [9.17, 15) is 4.79 Å². The van der Waals surface area contributed by atoms with Gasteiger partial charge in [0, 0.05) is 5.41 Å². The van der Waals surface area contributed by atoms with Gasteiger partial charge < -0.3 is 10.8 Å². The molecule has 1 aromatic rings. The summed E-state index contributed by atoms with van der Waals surface area (Å²) in [7, 11) is 0. The fourth-order valence-electron chi connectivity index (χ4n) is 2.28. The highest BCUT2D eigenvalue weighted by Crippen LogP contribution is 2.34. The van der Waals surface area contributed by atoms with Crippen LogP contribution in [-0.2, 0) is 10.2 Å². The third-order valence-corrected chi connectivity index (χ3v) is 3.47. The van der Waals surface area contributed by atoms with Crippen LogP contribution in [0.4, 0.5) is 0 Å². The van der Waals surface area contributed by atoms with Crippen LogP contribution in [0.3, 0.4) is 0 Å². The summed E-state index contributed by atoms with van der Waals surface area (Å²) in [4.78, 5) is 11.1. The summed E-state index contributed by atoms with van der Waals surface area (Å²) in [5.41, 5.74) is 6.39. The molecule has 0 aliphatic carbocycles. The highest BCUT2D eigenvalue weighted by atomic mass is 16.4. The lowest BCUT2D eigenvalue weighted by molar-refractivity contribution is -0.140. The Labute approximate surface area is 96.3 Å². The van der Waals surface area contributed by atoms with Crippen molar-refractivity contribution < 1.29 is 9.90 Å². The average molecular weight is 221 g/mol. The van der Waals surface area contributed by atoms with Crippen LogP contribution in [0.25, 0.3) is 0 Å². The van der Waals surface area contributed by atoms with Crippen LogP contribution in [0.2, 0.25) is 0 Å². The summed E-state index contributed by atoms with van der Waals surface area (Å²) in [6, 6.07) is 8.82. The highest BCUT2D eigenvalue weighted by Gasteiger charge is 2.39. The zero-order valence-electron chi connectivity index (χ0n) is 9.81. The minimum absolute atomic E-state index is 0.465. The normalized spacial score (nSPS) is 13.4. The molecule has 0 saturated heterocycles. The van der Waals surface area contributed by atoms with E-state index in [1.807, 2.05) is 44.2 Å². The Hall–Kier alpha value is -1.35. The van der Waals surface area contributed by atoms with E-state index in [4.69, 9.17) is 10.8 Å². The van der Waals surface area contributed by atoms with Gasteiger partial charge in [0.2, 0.25) is 0 Å². The molecule has 3 heteroatoms. The van der Waals surface area contributed by atoms with Crippen molar-refractivity contribution in [2.45, 2.75) is 38.1 Å². The number of hydrogen-bond donors (Lipinski definition) is 2. The number of hydrogen-bond acceptors (Lipinski definition) is 2. The zero-order valence-corrected chi connectivity index (χ0v) is 9.81. The molecule has 1 aromatic carbocycles. The molecule has 3 N–H and O–H groups in total. The molecule has 0 aliphatic heterocycles. The molecule has 0 saturated carbocycles. The van der Waals surface area contributed by atoms with Crippen LogP contribution in [0.15, 0.2) is 30.3 Å². The predicted octanol–water partition coefficient (Wildman–Crippen LogP) is 2.16. The van der Waals surface area contributed by atoms with Gasteiger partial charge in [0.05, 0.1) is 0 Å². The van der Waals surface area contributed by atoms with E-state index < -0.39 is 17.4 Å². The van der Waals surface area contributed by atoms with Gasteiger partial charge in [0.15, 0.2) is 0 Å². The first-order valence-electron chi connectivity index (χ1n) is 5.62. The Bertz CT molecular complexity index is 344. The van der Waals surface area contributed by atoms with Gasteiger partial charge in [0.25, 0.3) is 0 Å². The van der Waals surface area contributed by atoms with Crippen molar-refractivity contribution in [2.75, 3.05) is 0 Å². The second kappa shape index (κ2) is 5.12. The van der Waals surface area contributed by atoms with Crippen molar-refractivity contribution in [1.82, 2.24) is 0 Å². The summed E-state index contributed by atoms with van der Waals surface area (Å²) in [6.07, 6.45) is 1.45. The van der Waals surface area contributed by atoms with Crippen LogP contribution in [0, 0.1) is 0 Å². The number of carbonyl (C=O) groups is 1. The molecule has 1 unspecified atom stereocenters. The fraction of sp³-hybridized carbons (Fsp3) is 0.462. The molecule has 0 spiro atoms. The van der Waals surface area contributed by atoms with Gasteiger partial charge in [-0.25, -0.2) is 0 Å². The number of carboxylic acid groups (broad SMARTS) is 1. The SMILES string of the molecule is CCC(CC)(c1ccccc1)C(N)C(=O)O. The summed E-state index contributed by atoms with van der Waals surface area (Å²) in [5.74, 6) is -0.937. The Morgan fingerprint density at radius 2 is 1.81 bits per heavy atom. The zero-order chi connectivity index (χ0) is 12.2. The van der Waals surface area contributed by atoms with E-state index in [1.54, 1.807) is 0 Å². The quantitative estimate of drug-likeness (QED) is 0.800. The van der Waals surface area contributed by atoms with Gasteiger partial charge in [0.1, 0.15) is 6.04 Å². The molecule has 0 fully saturated rings. The topological polar surface area (TPSA) is 63.3 Å². The minimum Gasteiger partial charge on any atom is -0.480 e. The number of rotatable bonds is 5. The summed E-state index contributed by atoms with van der Waals surface area (Å²) in [5, 5.41) is 9.12. The molecule has 3 nitrogen and oxygen atoms in total. The van der Waals surface area contributed by atoms with Crippen molar-refractivity contribution in [3.63, 3.8) is 0 Å². The highest BCUT2D eigenvalue weighted by molar-refractivity contribution is 5.75. The first-order chi connectivity index (χ1) is 7.58. The molecule has 0 radical (unpaired) electrons. The number of carboxylic acids is 1. The molecular formula is C13H19NO2. The van der Waals surface area contributed by atoms with E-state index in [0.29, 0.717) is 0 Å². The Morgan fingerprint density at radius 3 is 2.19 bits per heavy atom. The number of benzene rings is 1. The minimum atomic E-state index is -0.937. The Morgan fingerprint density at radius 1 is 1.31 bits per heavy atom. The summed E-state index contributed by atoms with van der Waals surface area (Å²) in [6.45, 7) is 3.97. The van der Waals surface area contributed by atoms with Gasteiger partial charge in [-0.2, -0.15) is 0 Å².